The average Bonchev–Trinajstić information content (AvgIpc) is 2.74. The van der Waals surface area contributed by atoms with Gasteiger partial charge in [-0.15, -0.1) is 11.3 Å². The Hall–Kier alpha value is -0.410. The molecule has 0 amide bonds. The first-order chi connectivity index (χ1) is 7.40. The SMILES string of the molecule is CCNC1CCCCC1Cc1nccs1. The molecule has 1 N–H and O–H groups in total. The molecule has 0 spiro atoms. The number of nitrogens with zero attached hydrogens (tertiary/aromatic N) is 1. The van der Waals surface area contributed by atoms with E-state index >= 15 is 0 Å². The molecule has 1 aromatic heterocycles. The Morgan fingerprint density at radius 1 is 1.47 bits per heavy atom. The summed E-state index contributed by atoms with van der Waals surface area (Å²) in [7, 11) is 0. The van der Waals surface area contributed by atoms with Crippen molar-refractivity contribution in [1.29, 1.82) is 0 Å². The third kappa shape index (κ3) is 3.02. The van der Waals surface area contributed by atoms with Crippen molar-refractivity contribution in [2.45, 2.75) is 45.1 Å². The number of hydrogen-bond donors (Lipinski definition) is 1. The predicted molar refractivity (Wildman–Crippen MR) is 65.2 cm³/mol. The Morgan fingerprint density at radius 3 is 3.07 bits per heavy atom. The van der Waals surface area contributed by atoms with Crippen LogP contribution in [0.4, 0.5) is 0 Å². The largest absolute Gasteiger partial charge is 0.314 e. The molecule has 0 aromatic carbocycles. The van der Waals surface area contributed by atoms with Crippen LogP contribution in [-0.4, -0.2) is 17.6 Å². The summed E-state index contributed by atoms with van der Waals surface area (Å²) in [4.78, 5) is 4.40. The van der Waals surface area contributed by atoms with Crippen LogP contribution in [0.2, 0.25) is 0 Å². The zero-order valence-corrected chi connectivity index (χ0v) is 10.2. The first-order valence-corrected chi connectivity index (χ1v) is 6.90. The van der Waals surface area contributed by atoms with Crippen LogP contribution in [0, 0.1) is 5.92 Å². The summed E-state index contributed by atoms with van der Waals surface area (Å²) in [5.41, 5.74) is 0. The third-order valence-electron chi connectivity index (χ3n) is 3.30. The van der Waals surface area contributed by atoms with Crippen LogP contribution in [0.5, 0.6) is 0 Å². The van der Waals surface area contributed by atoms with Crippen LogP contribution in [0.3, 0.4) is 0 Å². The van der Waals surface area contributed by atoms with Crippen molar-refractivity contribution < 1.29 is 0 Å². The van der Waals surface area contributed by atoms with Crippen LogP contribution >= 0.6 is 11.3 Å². The Morgan fingerprint density at radius 2 is 2.33 bits per heavy atom. The molecule has 2 rings (SSSR count). The molecule has 2 atom stereocenters. The van der Waals surface area contributed by atoms with Gasteiger partial charge in [0.25, 0.3) is 0 Å². The minimum atomic E-state index is 0.729. The van der Waals surface area contributed by atoms with Gasteiger partial charge < -0.3 is 5.32 Å². The lowest BCUT2D eigenvalue weighted by molar-refractivity contribution is 0.264. The fraction of sp³-hybridized carbons (Fsp3) is 0.750. The standard InChI is InChI=1S/C12H20N2S/c1-2-13-11-6-4-3-5-10(11)9-12-14-7-8-15-12/h7-8,10-11,13H,2-6,9H2,1H3. The normalized spacial score (nSPS) is 26.7. The van der Waals surface area contributed by atoms with Crippen molar-refractivity contribution in [2.24, 2.45) is 5.92 Å². The van der Waals surface area contributed by atoms with Crippen LogP contribution < -0.4 is 5.32 Å². The Labute approximate surface area is 96.1 Å². The molecule has 1 saturated carbocycles. The van der Waals surface area contributed by atoms with Gasteiger partial charge in [0.15, 0.2) is 0 Å². The van der Waals surface area contributed by atoms with Gasteiger partial charge in [-0.3, -0.25) is 0 Å². The van der Waals surface area contributed by atoms with E-state index in [-0.39, 0.29) is 0 Å². The summed E-state index contributed by atoms with van der Waals surface area (Å²) in [5, 5.41) is 7.02. The smallest absolute Gasteiger partial charge is 0.0928 e. The molecular weight excluding hydrogens is 204 g/mol. The van der Waals surface area contributed by atoms with E-state index in [1.807, 2.05) is 6.20 Å². The summed E-state index contributed by atoms with van der Waals surface area (Å²) in [6, 6.07) is 0.729. The number of hydrogen-bond acceptors (Lipinski definition) is 3. The summed E-state index contributed by atoms with van der Waals surface area (Å²) in [6.45, 7) is 3.30. The maximum Gasteiger partial charge on any atom is 0.0928 e. The molecule has 3 heteroatoms. The van der Waals surface area contributed by atoms with Crippen molar-refractivity contribution in [1.82, 2.24) is 10.3 Å². The van der Waals surface area contributed by atoms with Crippen molar-refractivity contribution in [3.8, 4) is 0 Å². The quantitative estimate of drug-likeness (QED) is 0.850. The van der Waals surface area contributed by atoms with Gasteiger partial charge in [0, 0.05) is 24.0 Å². The van der Waals surface area contributed by atoms with Gasteiger partial charge in [-0.25, -0.2) is 4.98 Å². The van der Waals surface area contributed by atoms with E-state index in [2.05, 4.69) is 22.6 Å². The lowest BCUT2D eigenvalue weighted by Gasteiger charge is -2.31. The van der Waals surface area contributed by atoms with E-state index in [4.69, 9.17) is 0 Å². The highest BCUT2D eigenvalue weighted by Gasteiger charge is 2.24. The molecule has 0 aliphatic heterocycles. The maximum atomic E-state index is 4.40. The van der Waals surface area contributed by atoms with E-state index in [1.165, 1.54) is 37.1 Å². The van der Waals surface area contributed by atoms with Crippen molar-refractivity contribution in [3.63, 3.8) is 0 Å². The van der Waals surface area contributed by atoms with Gasteiger partial charge in [-0.2, -0.15) is 0 Å². The number of aromatic nitrogens is 1. The van der Waals surface area contributed by atoms with Gasteiger partial charge in [-0.05, 0) is 25.3 Å². The van der Waals surface area contributed by atoms with Crippen LogP contribution in [0.15, 0.2) is 11.6 Å². The molecule has 0 saturated heterocycles. The number of thiazole rings is 1. The average molecular weight is 224 g/mol. The first-order valence-electron chi connectivity index (χ1n) is 6.02. The summed E-state index contributed by atoms with van der Waals surface area (Å²) in [6.07, 6.45) is 8.62. The van der Waals surface area contributed by atoms with Gasteiger partial charge >= 0.3 is 0 Å². The van der Waals surface area contributed by atoms with Crippen molar-refractivity contribution in [2.75, 3.05) is 6.54 Å². The second-order valence-corrected chi connectivity index (χ2v) is 5.32. The molecule has 1 aliphatic carbocycles. The molecule has 0 bridgehead atoms. The molecule has 84 valence electrons. The lowest BCUT2D eigenvalue weighted by atomic mass is 9.82. The molecule has 2 nitrogen and oxygen atoms in total. The third-order valence-corrected chi connectivity index (χ3v) is 4.10. The highest BCUT2D eigenvalue weighted by Crippen LogP contribution is 2.27. The van der Waals surface area contributed by atoms with Crippen LogP contribution in [0.1, 0.15) is 37.6 Å². The minimum Gasteiger partial charge on any atom is -0.314 e. The number of nitrogens with one attached hydrogen (secondary N) is 1. The minimum absolute atomic E-state index is 0.729. The summed E-state index contributed by atoms with van der Waals surface area (Å²) >= 11 is 1.80. The van der Waals surface area contributed by atoms with Crippen LogP contribution in [-0.2, 0) is 6.42 Å². The Kier molecular flexibility index (Phi) is 4.15. The van der Waals surface area contributed by atoms with Crippen molar-refractivity contribution in [3.05, 3.63) is 16.6 Å². The molecule has 2 unspecified atom stereocenters. The molecular formula is C12H20N2S. The highest BCUT2D eigenvalue weighted by atomic mass is 32.1. The van der Waals surface area contributed by atoms with E-state index in [1.54, 1.807) is 11.3 Å². The lowest BCUT2D eigenvalue weighted by Crippen LogP contribution is -2.39. The second-order valence-electron chi connectivity index (χ2n) is 4.34. The van der Waals surface area contributed by atoms with Gasteiger partial charge in [0.1, 0.15) is 0 Å². The molecule has 0 radical (unpaired) electrons. The Bertz CT molecular complexity index is 269. The van der Waals surface area contributed by atoms with E-state index in [0.717, 1.165) is 18.5 Å². The summed E-state index contributed by atoms with van der Waals surface area (Å²) in [5.74, 6) is 0.810. The fourth-order valence-corrected chi connectivity index (χ4v) is 3.27. The summed E-state index contributed by atoms with van der Waals surface area (Å²) < 4.78 is 0. The molecule has 1 aromatic rings. The predicted octanol–water partition coefficient (Wildman–Crippen LogP) is 2.85. The first kappa shape index (κ1) is 11.1. The van der Waals surface area contributed by atoms with E-state index < -0.39 is 0 Å². The maximum absolute atomic E-state index is 4.40. The zero-order valence-electron chi connectivity index (χ0n) is 9.41. The van der Waals surface area contributed by atoms with E-state index in [9.17, 15) is 0 Å². The topological polar surface area (TPSA) is 24.9 Å². The molecule has 1 heterocycles. The molecule has 1 aliphatic rings. The van der Waals surface area contributed by atoms with Crippen LogP contribution in [0.25, 0.3) is 0 Å². The number of rotatable bonds is 4. The Balaban J connectivity index is 1.92. The second kappa shape index (κ2) is 5.61. The van der Waals surface area contributed by atoms with E-state index in [0.29, 0.717) is 0 Å². The monoisotopic (exact) mass is 224 g/mol. The molecule has 1 fully saturated rings. The zero-order chi connectivity index (χ0) is 10.5. The van der Waals surface area contributed by atoms with Gasteiger partial charge in [-0.1, -0.05) is 19.8 Å². The van der Waals surface area contributed by atoms with Gasteiger partial charge in [0.2, 0.25) is 0 Å². The van der Waals surface area contributed by atoms with Gasteiger partial charge in [0.05, 0.1) is 5.01 Å². The highest BCUT2D eigenvalue weighted by molar-refractivity contribution is 7.09. The fourth-order valence-electron chi connectivity index (χ4n) is 2.56. The van der Waals surface area contributed by atoms with Crippen molar-refractivity contribution >= 4 is 11.3 Å². The molecule has 15 heavy (non-hydrogen) atoms.